The Morgan fingerprint density at radius 1 is 1.14 bits per heavy atom. The molecule has 0 radical (unpaired) electrons. The van der Waals surface area contributed by atoms with Gasteiger partial charge in [-0.15, -0.1) is 0 Å². The van der Waals surface area contributed by atoms with Crippen molar-refractivity contribution < 1.29 is 0 Å². The average Bonchev–Trinajstić information content (AvgIpc) is 2.47. The minimum Gasteiger partial charge on any atom is -0.355 e. The molecule has 0 amide bonds. The first-order valence-electron chi connectivity index (χ1n) is 7.54. The first-order chi connectivity index (χ1) is 10.1. The van der Waals surface area contributed by atoms with Gasteiger partial charge in [-0.25, -0.2) is 4.98 Å². The van der Waals surface area contributed by atoms with Crippen molar-refractivity contribution in [3.05, 3.63) is 58.8 Å². The van der Waals surface area contributed by atoms with Crippen LogP contribution >= 0.6 is 0 Å². The molecule has 0 unspecified atom stereocenters. The molecule has 3 heteroatoms. The monoisotopic (exact) mass is 283 g/mol. The summed E-state index contributed by atoms with van der Waals surface area (Å²) in [5, 5.41) is 3.37. The summed E-state index contributed by atoms with van der Waals surface area (Å²) in [6.07, 6.45) is 0. The third-order valence-electron chi connectivity index (χ3n) is 3.64. The first-order valence-corrected chi connectivity index (χ1v) is 7.54. The summed E-state index contributed by atoms with van der Waals surface area (Å²) in [6, 6.07) is 12.8. The predicted octanol–water partition coefficient (Wildman–Crippen LogP) is 3.44. The lowest BCUT2D eigenvalue weighted by atomic mass is 10.1. The van der Waals surface area contributed by atoms with Crippen LogP contribution in [0.1, 0.15) is 29.3 Å². The van der Waals surface area contributed by atoms with Gasteiger partial charge in [0.15, 0.2) is 0 Å². The third kappa shape index (κ3) is 4.30. The molecule has 0 saturated heterocycles. The molecule has 112 valence electrons. The molecular weight excluding hydrogens is 258 g/mol. The van der Waals surface area contributed by atoms with Crippen LogP contribution in [0.5, 0.6) is 0 Å². The molecular formula is C18H25N3. The zero-order chi connectivity index (χ0) is 15.2. The highest BCUT2D eigenvalue weighted by Gasteiger charge is 2.07. The molecule has 1 heterocycles. The largest absolute Gasteiger partial charge is 0.355 e. The van der Waals surface area contributed by atoms with E-state index in [-0.39, 0.29) is 0 Å². The van der Waals surface area contributed by atoms with Gasteiger partial charge in [0.1, 0.15) is 5.82 Å². The van der Waals surface area contributed by atoms with Gasteiger partial charge in [0.25, 0.3) is 0 Å². The number of aromatic nitrogens is 1. The van der Waals surface area contributed by atoms with Crippen molar-refractivity contribution in [2.45, 2.75) is 33.9 Å². The van der Waals surface area contributed by atoms with Gasteiger partial charge in [0.05, 0.1) is 0 Å². The summed E-state index contributed by atoms with van der Waals surface area (Å²) in [5.74, 6) is 1.03. The average molecular weight is 283 g/mol. The number of hydrogen-bond donors (Lipinski definition) is 1. The molecule has 0 aliphatic rings. The van der Waals surface area contributed by atoms with Crippen molar-refractivity contribution in [3.8, 4) is 0 Å². The summed E-state index contributed by atoms with van der Waals surface area (Å²) in [4.78, 5) is 6.88. The van der Waals surface area contributed by atoms with Gasteiger partial charge in [-0.2, -0.15) is 0 Å². The molecule has 2 aromatic rings. The highest BCUT2D eigenvalue weighted by molar-refractivity contribution is 5.43. The topological polar surface area (TPSA) is 28.2 Å². The van der Waals surface area contributed by atoms with E-state index in [4.69, 9.17) is 0 Å². The molecule has 0 fully saturated rings. The van der Waals surface area contributed by atoms with Crippen LogP contribution in [0.15, 0.2) is 36.4 Å². The second-order valence-electron chi connectivity index (χ2n) is 5.54. The van der Waals surface area contributed by atoms with Crippen LogP contribution in [-0.4, -0.2) is 18.6 Å². The van der Waals surface area contributed by atoms with E-state index in [1.54, 1.807) is 0 Å². The van der Waals surface area contributed by atoms with E-state index in [2.05, 4.69) is 79.4 Å². The Labute approximate surface area is 128 Å². The molecule has 1 N–H and O–H groups in total. The van der Waals surface area contributed by atoms with E-state index < -0.39 is 0 Å². The van der Waals surface area contributed by atoms with Gasteiger partial charge < -0.3 is 10.2 Å². The smallest absolute Gasteiger partial charge is 0.129 e. The van der Waals surface area contributed by atoms with Crippen molar-refractivity contribution in [1.82, 2.24) is 10.3 Å². The van der Waals surface area contributed by atoms with Crippen molar-refractivity contribution in [3.63, 3.8) is 0 Å². The number of anilines is 1. The highest BCUT2D eigenvalue weighted by Crippen LogP contribution is 2.17. The molecule has 21 heavy (non-hydrogen) atoms. The lowest BCUT2D eigenvalue weighted by molar-refractivity contribution is 0.724. The maximum absolute atomic E-state index is 4.67. The SMILES string of the molecule is CCNCc1cc(C)nc(N(C)Cc2ccccc2C)c1. The Balaban J connectivity index is 2.16. The fourth-order valence-electron chi connectivity index (χ4n) is 2.41. The molecule has 2 rings (SSSR count). The number of benzene rings is 1. The molecule has 0 aliphatic heterocycles. The van der Waals surface area contributed by atoms with Crippen LogP contribution in [0.25, 0.3) is 0 Å². The molecule has 0 spiro atoms. The minimum absolute atomic E-state index is 0.879. The molecule has 0 saturated carbocycles. The van der Waals surface area contributed by atoms with Gasteiger partial charge in [-0.3, -0.25) is 0 Å². The van der Waals surface area contributed by atoms with Gasteiger partial charge in [0.2, 0.25) is 0 Å². The molecule has 0 bridgehead atoms. The Morgan fingerprint density at radius 3 is 2.62 bits per heavy atom. The fourth-order valence-corrected chi connectivity index (χ4v) is 2.41. The van der Waals surface area contributed by atoms with Gasteiger partial charge in [0, 0.05) is 25.8 Å². The minimum atomic E-state index is 0.879. The molecule has 0 atom stereocenters. The summed E-state index contributed by atoms with van der Waals surface area (Å²) >= 11 is 0. The highest BCUT2D eigenvalue weighted by atomic mass is 15.2. The number of nitrogens with one attached hydrogen (secondary N) is 1. The predicted molar refractivity (Wildman–Crippen MR) is 89.6 cm³/mol. The molecule has 1 aromatic carbocycles. The van der Waals surface area contributed by atoms with Crippen LogP contribution in [0.2, 0.25) is 0 Å². The van der Waals surface area contributed by atoms with Crippen molar-refractivity contribution >= 4 is 5.82 Å². The Kier molecular flexibility index (Phi) is 5.34. The zero-order valence-electron chi connectivity index (χ0n) is 13.5. The zero-order valence-corrected chi connectivity index (χ0v) is 13.5. The summed E-state index contributed by atoms with van der Waals surface area (Å²) in [5.41, 5.74) is 5.02. The Hall–Kier alpha value is -1.87. The second kappa shape index (κ2) is 7.23. The first kappa shape index (κ1) is 15.5. The number of hydrogen-bond acceptors (Lipinski definition) is 3. The van der Waals surface area contributed by atoms with Crippen molar-refractivity contribution in [2.24, 2.45) is 0 Å². The summed E-state index contributed by atoms with van der Waals surface area (Å²) in [6.45, 7) is 9.09. The number of rotatable bonds is 6. The van der Waals surface area contributed by atoms with E-state index >= 15 is 0 Å². The molecule has 1 aromatic heterocycles. The molecule has 3 nitrogen and oxygen atoms in total. The van der Waals surface area contributed by atoms with Crippen LogP contribution < -0.4 is 10.2 Å². The number of pyridine rings is 1. The normalized spacial score (nSPS) is 10.7. The second-order valence-corrected chi connectivity index (χ2v) is 5.54. The van der Waals surface area contributed by atoms with Gasteiger partial charge in [-0.05, 0) is 49.2 Å². The summed E-state index contributed by atoms with van der Waals surface area (Å²) in [7, 11) is 2.10. The summed E-state index contributed by atoms with van der Waals surface area (Å²) < 4.78 is 0. The van der Waals surface area contributed by atoms with Crippen LogP contribution in [0.4, 0.5) is 5.82 Å². The van der Waals surface area contributed by atoms with Crippen molar-refractivity contribution in [1.29, 1.82) is 0 Å². The Morgan fingerprint density at radius 2 is 1.90 bits per heavy atom. The Bertz CT molecular complexity index is 593. The number of aryl methyl sites for hydroxylation is 2. The maximum atomic E-state index is 4.67. The van der Waals surface area contributed by atoms with E-state index in [9.17, 15) is 0 Å². The van der Waals surface area contributed by atoms with Gasteiger partial charge in [-0.1, -0.05) is 31.2 Å². The standard InChI is InChI=1S/C18H25N3/c1-5-19-12-16-10-15(3)20-18(11-16)21(4)13-17-9-7-6-8-14(17)2/h6-11,19H,5,12-13H2,1-4H3. The number of nitrogens with zero attached hydrogens (tertiary/aromatic N) is 2. The van der Waals surface area contributed by atoms with Crippen LogP contribution in [0, 0.1) is 13.8 Å². The quantitative estimate of drug-likeness (QED) is 0.880. The van der Waals surface area contributed by atoms with Crippen molar-refractivity contribution in [2.75, 3.05) is 18.5 Å². The van der Waals surface area contributed by atoms with E-state index in [1.165, 1.54) is 16.7 Å². The van der Waals surface area contributed by atoms with E-state index in [1.807, 2.05) is 0 Å². The van der Waals surface area contributed by atoms with Crippen LogP contribution in [-0.2, 0) is 13.1 Å². The lowest BCUT2D eigenvalue weighted by Gasteiger charge is -2.21. The van der Waals surface area contributed by atoms with Gasteiger partial charge >= 0.3 is 0 Å². The van der Waals surface area contributed by atoms with E-state index in [0.29, 0.717) is 0 Å². The fraction of sp³-hybridized carbons (Fsp3) is 0.389. The van der Waals surface area contributed by atoms with Crippen LogP contribution in [0.3, 0.4) is 0 Å². The lowest BCUT2D eigenvalue weighted by Crippen LogP contribution is -2.19. The maximum Gasteiger partial charge on any atom is 0.129 e. The van der Waals surface area contributed by atoms with E-state index in [0.717, 1.165) is 31.1 Å². The molecule has 0 aliphatic carbocycles. The third-order valence-corrected chi connectivity index (χ3v) is 3.64.